The largest absolute Gasteiger partial charge is 0.462 e. The van der Waals surface area contributed by atoms with Crippen molar-refractivity contribution in [3.63, 3.8) is 0 Å². The second-order valence-electron chi connectivity index (χ2n) is 9.02. The molecule has 1 heterocycles. The molecule has 158 valence electrons. The number of hydrogen-bond acceptors (Lipinski definition) is 2. The predicted molar refractivity (Wildman–Crippen MR) is 119 cm³/mol. The Morgan fingerprint density at radius 2 is 1.70 bits per heavy atom. The molecule has 0 radical (unpaired) electrons. The number of fused-ring (bicyclic) bond motifs is 2. The molecule has 2 nitrogen and oxygen atoms in total. The van der Waals surface area contributed by atoms with Crippen LogP contribution >= 0.6 is 0 Å². The van der Waals surface area contributed by atoms with Crippen molar-refractivity contribution < 1.29 is 13.9 Å². The summed E-state index contributed by atoms with van der Waals surface area (Å²) in [5, 5.41) is 0. The van der Waals surface area contributed by atoms with Crippen molar-refractivity contribution in [2.45, 2.75) is 51.6 Å². The van der Waals surface area contributed by atoms with Crippen LogP contribution in [-0.4, -0.2) is 12.1 Å². The molecule has 4 unspecified atom stereocenters. The number of carbonyl (C=O) groups excluding carboxylic acids is 1. The van der Waals surface area contributed by atoms with Crippen LogP contribution in [0.2, 0.25) is 0 Å². The van der Waals surface area contributed by atoms with E-state index in [4.69, 9.17) is 4.74 Å². The number of esters is 1. The lowest BCUT2D eigenvalue weighted by molar-refractivity contribution is -0.144. The maximum absolute atomic E-state index is 13.0. The third-order valence-electron chi connectivity index (χ3n) is 7.23. The maximum atomic E-state index is 13.0. The van der Waals surface area contributed by atoms with Crippen molar-refractivity contribution >= 4 is 12.0 Å². The van der Waals surface area contributed by atoms with E-state index in [1.165, 1.54) is 44.2 Å². The topological polar surface area (TPSA) is 26.3 Å². The van der Waals surface area contributed by atoms with E-state index in [1.807, 2.05) is 30.3 Å². The van der Waals surface area contributed by atoms with Gasteiger partial charge in [0.25, 0.3) is 0 Å². The van der Waals surface area contributed by atoms with Crippen LogP contribution < -0.4 is 0 Å². The van der Waals surface area contributed by atoms with Gasteiger partial charge in [-0.15, -0.1) is 0 Å². The van der Waals surface area contributed by atoms with Gasteiger partial charge in [0, 0.05) is 5.92 Å². The number of hydrogen-bond donors (Lipinski definition) is 0. The van der Waals surface area contributed by atoms with E-state index in [-0.39, 0.29) is 23.8 Å². The first kappa shape index (κ1) is 20.8. The van der Waals surface area contributed by atoms with Gasteiger partial charge in [0.05, 0.1) is 5.92 Å². The molecule has 3 heteroatoms. The second kappa shape index (κ2) is 9.16. The molecule has 3 fully saturated rings. The summed E-state index contributed by atoms with van der Waals surface area (Å²) < 4.78 is 18.4. The number of halogens is 1. The summed E-state index contributed by atoms with van der Waals surface area (Å²) in [5.74, 6) is 2.41. The Balaban J connectivity index is 0.000000145. The van der Waals surface area contributed by atoms with E-state index in [1.54, 1.807) is 12.1 Å². The Bertz CT molecular complexity index is 888. The zero-order chi connectivity index (χ0) is 21.1. The van der Waals surface area contributed by atoms with E-state index >= 15 is 0 Å². The smallest absolute Gasteiger partial charge is 0.309 e. The lowest BCUT2D eigenvalue weighted by Crippen LogP contribution is -2.35. The van der Waals surface area contributed by atoms with E-state index < -0.39 is 0 Å². The molecule has 0 bridgehead atoms. The Hall–Kier alpha value is -2.42. The van der Waals surface area contributed by atoms with Crippen molar-refractivity contribution in [1.29, 1.82) is 0 Å². The Morgan fingerprint density at radius 1 is 1.00 bits per heavy atom. The molecule has 0 aromatic heterocycles. The minimum Gasteiger partial charge on any atom is -0.462 e. The Labute approximate surface area is 179 Å². The van der Waals surface area contributed by atoms with Gasteiger partial charge in [0.1, 0.15) is 11.9 Å². The van der Waals surface area contributed by atoms with Crippen molar-refractivity contribution in [3.8, 4) is 11.1 Å². The normalized spacial score (nSPS) is 29.7. The highest BCUT2D eigenvalue weighted by Crippen LogP contribution is 2.49. The van der Waals surface area contributed by atoms with Gasteiger partial charge in [-0.3, -0.25) is 4.79 Å². The SMILES string of the molecule is C=Cc1ccc(-c2cccc(F)c2)cc1.CC1OC(=O)C2CC3CCCC[C@H]3CC12. The van der Waals surface area contributed by atoms with Crippen LogP contribution in [0.3, 0.4) is 0 Å². The monoisotopic (exact) mass is 406 g/mol. The van der Waals surface area contributed by atoms with Crippen molar-refractivity contribution in [2.24, 2.45) is 23.7 Å². The minimum absolute atomic E-state index is 0.0940. The summed E-state index contributed by atoms with van der Waals surface area (Å²) in [6.45, 7) is 5.76. The van der Waals surface area contributed by atoms with Gasteiger partial charge in [0.15, 0.2) is 0 Å². The summed E-state index contributed by atoms with van der Waals surface area (Å²) >= 11 is 0. The third-order valence-corrected chi connectivity index (χ3v) is 7.23. The van der Waals surface area contributed by atoms with Crippen LogP contribution in [0.1, 0.15) is 51.0 Å². The lowest BCUT2D eigenvalue weighted by atomic mass is 9.63. The van der Waals surface area contributed by atoms with Gasteiger partial charge >= 0.3 is 5.97 Å². The Kier molecular flexibility index (Phi) is 6.36. The first-order chi connectivity index (χ1) is 14.5. The highest BCUT2D eigenvalue weighted by molar-refractivity contribution is 5.75. The molecule has 2 aliphatic carbocycles. The van der Waals surface area contributed by atoms with Gasteiger partial charge in [-0.25, -0.2) is 4.39 Å². The number of rotatable bonds is 2. The quantitative estimate of drug-likeness (QED) is 0.507. The van der Waals surface area contributed by atoms with Crippen molar-refractivity contribution in [1.82, 2.24) is 0 Å². The molecule has 0 amide bonds. The van der Waals surface area contributed by atoms with Crippen molar-refractivity contribution in [2.75, 3.05) is 0 Å². The molecule has 0 spiro atoms. The molecule has 30 heavy (non-hydrogen) atoms. The summed E-state index contributed by atoms with van der Waals surface area (Å²) in [6.07, 6.45) is 9.89. The number of ether oxygens (including phenoxy) is 1. The first-order valence-corrected chi connectivity index (χ1v) is 11.2. The average Bonchev–Trinajstić information content (AvgIpc) is 3.05. The fourth-order valence-corrected chi connectivity index (χ4v) is 5.55. The number of carbonyl (C=O) groups is 1. The van der Waals surface area contributed by atoms with Crippen LogP contribution in [0.15, 0.2) is 55.1 Å². The van der Waals surface area contributed by atoms with Crippen LogP contribution in [0.5, 0.6) is 0 Å². The van der Waals surface area contributed by atoms with Gasteiger partial charge < -0.3 is 4.74 Å². The van der Waals surface area contributed by atoms with Gasteiger partial charge in [0.2, 0.25) is 0 Å². The van der Waals surface area contributed by atoms with Gasteiger partial charge in [-0.05, 0) is 60.4 Å². The Morgan fingerprint density at radius 3 is 2.37 bits per heavy atom. The third kappa shape index (κ3) is 4.50. The fraction of sp³-hybridized carbons (Fsp3) is 0.444. The van der Waals surface area contributed by atoms with E-state index in [9.17, 15) is 9.18 Å². The molecule has 5 rings (SSSR count). The minimum atomic E-state index is -0.208. The molecule has 1 aliphatic heterocycles. The van der Waals surface area contributed by atoms with Crippen LogP contribution in [0.4, 0.5) is 4.39 Å². The summed E-state index contributed by atoms with van der Waals surface area (Å²) in [7, 11) is 0. The maximum Gasteiger partial charge on any atom is 0.309 e. The van der Waals surface area contributed by atoms with Crippen molar-refractivity contribution in [3.05, 3.63) is 66.5 Å². The molecule has 2 aromatic rings. The summed E-state index contributed by atoms with van der Waals surface area (Å²) in [6, 6.07) is 14.4. The standard InChI is InChI=1S/C14H11F.C13H20O2/c1-2-11-6-8-12(9-7-11)13-4-3-5-14(15)10-13;1-8-11-6-9-4-2-3-5-10(9)7-12(11)13(14)15-8/h2-10H,1H2;8-12H,2-7H2,1H3/t;8?,9-,10?,11?,12?/m.0/s1. The van der Waals surface area contributed by atoms with Crippen LogP contribution in [0.25, 0.3) is 17.2 Å². The van der Waals surface area contributed by atoms with E-state index in [2.05, 4.69) is 13.5 Å². The van der Waals surface area contributed by atoms with Gasteiger partial charge in [-0.1, -0.05) is 74.7 Å². The van der Waals surface area contributed by atoms with E-state index in [0.29, 0.717) is 5.92 Å². The van der Waals surface area contributed by atoms with Crippen LogP contribution in [0, 0.1) is 29.5 Å². The molecule has 1 saturated heterocycles. The highest BCUT2D eigenvalue weighted by atomic mass is 19.1. The second-order valence-corrected chi connectivity index (χ2v) is 9.02. The predicted octanol–water partition coefficient (Wildman–Crippen LogP) is 6.90. The van der Waals surface area contributed by atoms with Crippen LogP contribution in [-0.2, 0) is 9.53 Å². The average molecular weight is 407 g/mol. The lowest BCUT2D eigenvalue weighted by Gasteiger charge is -2.40. The molecule has 3 aliphatic rings. The summed E-state index contributed by atoms with van der Waals surface area (Å²) in [4.78, 5) is 11.7. The van der Waals surface area contributed by atoms with E-state index in [0.717, 1.165) is 34.9 Å². The zero-order valence-electron chi connectivity index (χ0n) is 17.7. The molecular weight excluding hydrogens is 375 g/mol. The molecular formula is C27H31FO2. The highest BCUT2D eigenvalue weighted by Gasteiger charge is 2.49. The molecule has 2 aromatic carbocycles. The number of benzene rings is 2. The molecule has 0 N–H and O–H groups in total. The molecule has 5 atom stereocenters. The first-order valence-electron chi connectivity index (χ1n) is 11.2. The number of cyclic esters (lactones) is 1. The van der Waals surface area contributed by atoms with Gasteiger partial charge in [-0.2, -0.15) is 0 Å². The zero-order valence-corrected chi connectivity index (χ0v) is 17.7. The molecule has 2 saturated carbocycles. The summed E-state index contributed by atoms with van der Waals surface area (Å²) in [5.41, 5.74) is 2.97. The fourth-order valence-electron chi connectivity index (χ4n) is 5.55.